The predicted molar refractivity (Wildman–Crippen MR) is 169 cm³/mol. The fraction of sp³-hybridized carbons (Fsp3) is 0.324. The summed E-state index contributed by atoms with van der Waals surface area (Å²) in [5, 5.41) is 2.65. The van der Waals surface area contributed by atoms with Crippen molar-refractivity contribution in [1.82, 2.24) is 4.98 Å². The van der Waals surface area contributed by atoms with Gasteiger partial charge in [-0.2, -0.15) is 0 Å². The van der Waals surface area contributed by atoms with Crippen LogP contribution in [0.25, 0.3) is 32.9 Å². The van der Waals surface area contributed by atoms with Gasteiger partial charge < -0.3 is 4.98 Å². The zero-order valence-electron chi connectivity index (χ0n) is 23.5. The molecule has 0 saturated carbocycles. The SMILES string of the molecule is CCCCCCc1ccc2[nH]c3c(N=C4c5ccccc5-c5ccccc54)cc(CCCCCC)cc3c2c1. The second-order valence-corrected chi connectivity index (χ2v) is 11.2. The van der Waals surface area contributed by atoms with E-state index in [1.807, 2.05) is 0 Å². The average Bonchev–Trinajstić information content (AvgIpc) is 3.49. The molecule has 0 amide bonds. The first-order valence-electron chi connectivity index (χ1n) is 15.1. The Morgan fingerprint density at radius 2 is 1.15 bits per heavy atom. The monoisotopic (exact) mass is 512 g/mol. The number of aliphatic imine (C=N–C) groups is 1. The maximum atomic E-state index is 5.45. The molecule has 1 aromatic heterocycles. The molecule has 6 rings (SSSR count). The third-order valence-electron chi connectivity index (χ3n) is 8.34. The minimum Gasteiger partial charge on any atom is -0.353 e. The van der Waals surface area contributed by atoms with Crippen LogP contribution < -0.4 is 0 Å². The van der Waals surface area contributed by atoms with Crippen LogP contribution in [0.15, 0.2) is 83.9 Å². The molecule has 0 fully saturated rings. The summed E-state index contributed by atoms with van der Waals surface area (Å²) in [6.07, 6.45) is 12.5. The number of H-pyrrole nitrogens is 1. The lowest BCUT2D eigenvalue weighted by Crippen LogP contribution is -1.97. The molecule has 1 aliphatic rings. The van der Waals surface area contributed by atoms with Crippen LogP contribution in [0.5, 0.6) is 0 Å². The van der Waals surface area contributed by atoms with Crippen molar-refractivity contribution in [3.05, 3.63) is 101 Å². The predicted octanol–water partition coefficient (Wildman–Crippen LogP) is 10.7. The Hall–Kier alpha value is -3.65. The van der Waals surface area contributed by atoms with Gasteiger partial charge in [0.25, 0.3) is 0 Å². The summed E-state index contributed by atoms with van der Waals surface area (Å²) >= 11 is 0. The minimum atomic E-state index is 1.06. The fourth-order valence-corrected chi connectivity index (χ4v) is 6.22. The molecule has 0 bridgehead atoms. The second-order valence-electron chi connectivity index (χ2n) is 11.2. The van der Waals surface area contributed by atoms with Crippen LogP contribution in [0.2, 0.25) is 0 Å². The van der Waals surface area contributed by atoms with Crippen molar-refractivity contribution in [2.24, 2.45) is 4.99 Å². The molecule has 0 aliphatic heterocycles. The zero-order valence-corrected chi connectivity index (χ0v) is 23.5. The lowest BCUT2D eigenvalue weighted by molar-refractivity contribution is 0.667. The number of fused-ring (bicyclic) bond motifs is 6. The molecule has 39 heavy (non-hydrogen) atoms. The number of aryl methyl sites for hydroxylation is 2. The maximum Gasteiger partial charge on any atom is 0.0881 e. The molecule has 0 unspecified atom stereocenters. The van der Waals surface area contributed by atoms with Gasteiger partial charge in [-0.25, -0.2) is 4.99 Å². The molecule has 4 aromatic carbocycles. The highest BCUT2D eigenvalue weighted by atomic mass is 14.8. The molecule has 0 radical (unpaired) electrons. The number of nitrogens with one attached hydrogen (secondary N) is 1. The van der Waals surface area contributed by atoms with Gasteiger partial charge >= 0.3 is 0 Å². The third kappa shape index (κ3) is 5.17. The number of benzene rings is 4. The van der Waals surface area contributed by atoms with Crippen LogP contribution in [0, 0.1) is 0 Å². The Labute approximate surface area is 233 Å². The average molecular weight is 513 g/mol. The summed E-state index contributed by atoms with van der Waals surface area (Å²) in [5.41, 5.74) is 12.4. The van der Waals surface area contributed by atoms with Crippen LogP contribution in [0.4, 0.5) is 5.69 Å². The number of unbranched alkanes of at least 4 members (excludes halogenated alkanes) is 6. The summed E-state index contributed by atoms with van der Waals surface area (Å²) < 4.78 is 0. The van der Waals surface area contributed by atoms with Gasteiger partial charge in [-0.1, -0.05) is 107 Å². The maximum absolute atomic E-state index is 5.45. The van der Waals surface area contributed by atoms with Gasteiger partial charge in [-0.3, -0.25) is 0 Å². The first kappa shape index (κ1) is 25.6. The summed E-state index contributed by atoms with van der Waals surface area (Å²) in [4.78, 5) is 9.22. The molecule has 198 valence electrons. The summed E-state index contributed by atoms with van der Waals surface area (Å²) in [7, 11) is 0. The van der Waals surface area contributed by atoms with E-state index in [1.54, 1.807) is 0 Å². The van der Waals surface area contributed by atoms with E-state index in [0.29, 0.717) is 0 Å². The number of rotatable bonds is 11. The van der Waals surface area contributed by atoms with Gasteiger partial charge in [0.2, 0.25) is 0 Å². The van der Waals surface area contributed by atoms with Gasteiger partial charge in [0.1, 0.15) is 0 Å². The molecule has 0 saturated heterocycles. The Kier molecular flexibility index (Phi) is 7.63. The first-order chi connectivity index (χ1) is 19.3. The van der Waals surface area contributed by atoms with Gasteiger partial charge in [0, 0.05) is 27.4 Å². The lowest BCUT2D eigenvalue weighted by Gasteiger charge is -2.08. The smallest absolute Gasteiger partial charge is 0.0881 e. The van der Waals surface area contributed by atoms with Gasteiger partial charge in [0.15, 0.2) is 0 Å². The molecular weight excluding hydrogens is 472 g/mol. The highest BCUT2D eigenvalue weighted by molar-refractivity contribution is 6.26. The fourth-order valence-electron chi connectivity index (χ4n) is 6.22. The van der Waals surface area contributed by atoms with Crippen LogP contribution in [-0.2, 0) is 12.8 Å². The topological polar surface area (TPSA) is 28.1 Å². The normalized spacial score (nSPS) is 12.3. The van der Waals surface area contributed by atoms with Crippen molar-refractivity contribution in [1.29, 1.82) is 0 Å². The van der Waals surface area contributed by atoms with Crippen molar-refractivity contribution >= 4 is 33.2 Å². The standard InChI is InChI=1S/C37H40N2/c1-3-5-7-9-15-26-21-22-34-32(23-26)33-24-27(16-10-8-6-4-2)25-35(37(33)38-34)39-36-30-19-13-11-17-28(30)29-18-12-14-20-31(29)36/h11-14,17-25,38H,3-10,15-16H2,1-2H3. The Morgan fingerprint density at radius 1 is 0.564 bits per heavy atom. The van der Waals surface area contributed by atoms with Crippen LogP contribution in [-0.4, -0.2) is 10.7 Å². The van der Waals surface area contributed by atoms with Crippen molar-refractivity contribution in [2.45, 2.75) is 78.1 Å². The largest absolute Gasteiger partial charge is 0.353 e. The van der Waals surface area contributed by atoms with E-state index in [4.69, 9.17) is 4.99 Å². The van der Waals surface area contributed by atoms with Crippen molar-refractivity contribution in [3.8, 4) is 11.1 Å². The van der Waals surface area contributed by atoms with Crippen LogP contribution in [0.1, 0.15) is 87.5 Å². The number of aromatic amines is 1. The van der Waals surface area contributed by atoms with Crippen LogP contribution >= 0.6 is 0 Å². The molecule has 0 spiro atoms. The molecule has 1 N–H and O–H groups in total. The minimum absolute atomic E-state index is 1.06. The summed E-state index contributed by atoms with van der Waals surface area (Å²) in [5.74, 6) is 0. The quantitative estimate of drug-likeness (QED) is 0.167. The molecule has 1 heterocycles. The van der Waals surface area contributed by atoms with Gasteiger partial charge in [-0.05, 0) is 72.2 Å². The number of aromatic nitrogens is 1. The van der Waals surface area contributed by atoms with Gasteiger partial charge in [0.05, 0.1) is 16.9 Å². The Morgan fingerprint density at radius 3 is 1.79 bits per heavy atom. The highest BCUT2D eigenvalue weighted by Gasteiger charge is 2.24. The highest BCUT2D eigenvalue weighted by Crippen LogP contribution is 2.40. The summed E-state index contributed by atoms with van der Waals surface area (Å²) in [6, 6.07) is 29.2. The van der Waals surface area contributed by atoms with E-state index < -0.39 is 0 Å². The Bertz CT molecular complexity index is 1590. The Balaban J connectivity index is 1.47. The summed E-state index contributed by atoms with van der Waals surface area (Å²) in [6.45, 7) is 4.56. The van der Waals surface area contributed by atoms with Crippen molar-refractivity contribution in [3.63, 3.8) is 0 Å². The van der Waals surface area contributed by atoms with E-state index in [2.05, 4.69) is 97.7 Å². The molecule has 0 atom stereocenters. The molecular formula is C37H40N2. The molecule has 1 aliphatic carbocycles. The number of hydrogen-bond donors (Lipinski definition) is 1. The zero-order chi connectivity index (χ0) is 26.6. The number of hydrogen-bond acceptors (Lipinski definition) is 1. The second kappa shape index (κ2) is 11.6. The van der Waals surface area contributed by atoms with Crippen LogP contribution in [0.3, 0.4) is 0 Å². The van der Waals surface area contributed by atoms with E-state index in [1.165, 1.54) is 101 Å². The molecule has 5 aromatic rings. The lowest BCUT2D eigenvalue weighted by atomic mass is 10.0. The van der Waals surface area contributed by atoms with E-state index in [0.717, 1.165) is 29.8 Å². The van der Waals surface area contributed by atoms with Gasteiger partial charge in [-0.15, -0.1) is 0 Å². The molecule has 2 nitrogen and oxygen atoms in total. The van der Waals surface area contributed by atoms with Crippen molar-refractivity contribution < 1.29 is 0 Å². The molecule has 2 heteroatoms. The first-order valence-corrected chi connectivity index (χ1v) is 15.1. The van der Waals surface area contributed by atoms with Crippen molar-refractivity contribution in [2.75, 3.05) is 0 Å². The number of nitrogens with zero attached hydrogens (tertiary/aromatic N) is 1. The van der Waals surface area contributed by atoms with E-state index in [9.17, 15) is 0 Å². The van der Waals surface area contributed by atoms with E-state index in [-0.39, 0.29) is 0 Å². The van der Waals surface area contributed by atoms with E-state index >= 15 is 0 Å². The third-order valence-corrected chi connectivity index (χ3v) is 8.34.